The molecule has 118 valence electrons. The number of pyridine rings is 1. The van der Waals surface area contributed by atoms with Crippen molar-refractivity contribution in [1.29, 1.82) is 0 Å². The highest BCUT2D eigenvalue weighted by Crippen LogP contribution is 2.22. The van der Waals surface area contributed by atoms with Crippen LogP contribution >= 0.6 is 0 Å². The molecule has 1 rings (SSSR count). The van der Waals surface area contributed by atoms with E-state index in [4.69, 9.17) is 5.73 Å². The van der Waals surface area contributed by atoms with Crippen LogP contribution in [0.5, 0.6) is 0 Å². The van der Waals surface area contributed by atoms with Crippen molar-refractivity contribution in [2.24, 2.45) is 0 Å². The molecule has 3 N–H and O–H groups in total. The van der Waals surface area contributed by atoms with Crippen molar-refractivity contribution in [2.45, 2.75) is 45.6 Å². The van der Waals surface area contributed by atoms with Gasteiger partial charge in [0, 0.05) is 28.8 Å². The van der Waals surface area contributed by atoms with Crippen LogP contribution in [0.4, 0.5) is 5.82 Å². The predicted molar refractivity (Wildman–Crippen MR) is 87.4 cm³/mol. The smallest absolute Gasteiger partial charge is 0.251 e. The molecule has 0 saturated carbocycles. The maximum Gasteiger partial charge on any atom is 0.251 e. The first kappa shape index (κ1) is 17.4. The van der Waals surface area contributed by atoms with E-state index in [2.05, 4.69) is 29.0 Å². The molecule has 21 heavy (non-hydrogen) atoms. The minimum Gasteiger partial charge on any atom is -0.384 e. The van der Waals surface area contributed by atoms with Gasteiger partial charge in [0.15, 0.2) is 0 Å². The van der Waals surface area contributed by atoms with Gasteiger partial charge in [-0.25, -0.2) is 4.98 Å². The van der Waals surface area contributed by atoms with Gasteiger partial charge in [0.1, 0.15) is 5.82 Å². The first-order valence-electron chi connectivity index (χ1n) is 7.17. The summed E-state index contributed by atoms with van der Waals surface area (Å²) in [4.78, 5) is 18.7. The van der Waals surface area contributed by atoms with Crippen LogP contribution in [-0.2, 0) is 5.41 Å². The minimum atomic E-state index is -0.146. The first-order valence-corrected chi connectivity index (χ1v) is 7.17. The van der Waals surface area contributed by atoms with Crippen LogP contribution in [0.2, 0.25) is 0 Å². The summed E-state index contributed by atoms with van der Waals surface area (Å²) in [7, 11) is 3.99. The summed E-state index contributed by atoms with van der Waals surface area (Å²) >= 11 is 0. The second-order valence-electron chi connectivity index (χ2n) is 7.31. The van der Waals surface area contributed by atoms with E-state index in [9.17, 15) is 4.79 Å². The Kier molecular flexibility index (Phi) is 4.99. The number of amides is 1. The quantitative estimate of drug-likeness (QED) is 0.891. The number of nitrogen functional groups attached to an aromatic ring is 1. The molecule has 0 unspecified atom stereocenters. The lowest BCUT2D eigenvalue weighted by Crippen LogP contribution is -2.48. The molecule has 0 saturated heterocycles. The van der Waals surface area contributed by atoms with Crippen LogP contribution in [-0.4, -0.2) is 42.0 Å². The molecule has 0 fully saturated rings. The largest absolute Gasteiger partial charge is 0.384 e. The molecule has 0 spiro atoms. The summed E-state index contributed by atoms with van der Waals surface area (Å²) in [6, 6.07) is 3.43. The zero-order chi connectivity index (χ0) is 16.4. The first-order chi connectivity index (χ1) is 9.43. The summed E-state index contributed by atoms with van der Waals surface area (Å²) in [6.07, 6.45) is 0. The highest BCUT2D eigenvalue weighted by Gasteiger charge is 2.23. The van der Waals surface area contributed by atoms with Gasteiger partial charge in [0.25, 0.3) is 5.91 Å². The average Bonchev–Trinajstić information content (AvgIpc) is 2.34. The van der Waals surface area contributed by atoms with Gasteiger partial charge in [-0.05, 0) is 40.1 Å². The number of nitrogens with zero attached hydrogens (tertiary/aromatic N) is 2. The molecule has 1 aromatic heterocycles. The van der Waals surface area contributed by atoms with E-state index in [1.54, 1.807) is 6.07 Å². The van der Waals surface area contributed by atoms with Crippen LogP contribution in [0, 0.1) is 0 Å². The highest BCUT2D eigenvalue weighted by atomic mass is 16.1. The van der Waals surface area contributed by atoms with E-state index in [1.165, 1.54) is 0 Å². The number of nitrogens with one attached hydrogen (secondary N) is 1. The van der Waals surface area contributed by atoms with Crippen molar-refractivity contribution >= 4 is 11.7 Å². The maximum atomic E-state index is 12.3. The van der Waals surface area contributed by atoms with Crippen molar-refractivity contribution in [3.05, 3.63) is 23.4 Å². The number of carbonyl (C=O) groups is 1. The van der Waals surface area contributed by atoms with E-state index in [0.717, 1.165) is 5.69 Å². The number of aromatic nitrogens is 1. The molecule has 1 aromatic rings. The van der Waals surface area contributed by atoms with Crippen molar-refractivity contribution in [3.8, 4) is 0 Å². The molecule has 0 aliphatic rings. The SMILES string of the molecule is CN(C)C(C)(C)CNC(=O)c1cc(N)nc(C(C)(C)C)c1. The lowest BCUT2D eigenvalue weighted by atomic mass is 9.90. The van der Waals surface area contributed by atoms with E-state index >= 15 is 0 Å². The Hall–Kier alpha value is -1.62. The number of likely N-dealkylation sites (N-methyl/N-ethyl adjacent to an activating group) is 1. The maximum absolute atomic E-state index is 12.3. The number of hydrogen-bond donors (Lipinski definition) is 2. The molecule has 0 aliphatic carbocycles. The van der Waals surface area contributed by atoms with Crippen molar-refractivity contribution < 1.29 is 4.79 Å². The summed E-state index contributed by atoms with van der Waals surface area (Å²) in [5, 5.41) is 2.96. The van der Waals surface area contributed by atoms with Crippen LogP contribution in [0.1, 0.15) is 50.7 Å². The molecule has 0 bridgehead atoms. The molecular formula is C16H28N4O. The van der Waals surface area contributed by atoms with E-state index < -0.39 is 0 Å². The van der Waals surface area contributed by atoms with Crippen LogP contribution < -0.4 is 11.1 Å². The molecule has 1 heterocycles. The van der Waals surface area contributed by atoms with Gasteiger partial charge in [-0.3, -0.25) is 4.79 Å². The minimum absolute atomic E-state index is 0.110. The molecule has 0 atom stereocenters. The third-order valence-electron chi connectivity index (χ3n) is 3.77. The second kappa shape index (κ2) is 6.02. The van der Waals surface area contributed by atoms with Crippen LogP contribution in [0.15, 0.2) is 12.1 Å². The number of hydrogen-bond acceptors (Lipinski definition) is 4. The lowest BCUT2D eigenvalue weighted by Gasteiger charge is -2.32. The summed E-state index contributed by atoms with van der Waals surface area (Å²) in [5.41, 5.74) is 6.95. The molecule has 0 aliphatic heterocycles. The summed E-state index contributed by atoms with van der Waals surface area (Å²) in [6.45, 7) is 10.9. The van der Waals surface area contributed by atoms with Gasteiger partial charge in [-0.15, -0.1) is 0 Å². The van der Waals surface area contributed by atoms with E-state index in [-0.39, 0.29) is 16.9 Å². The molecular weight excluding hydrogens is 264 g/mol. The second-order valence-corrected chi connectivity index (χ2v) is 7.31. The van der Waals surface area contributed by atoms with Gasteiger partial charge in [-0.2, -0.15) is 0 Å². The molecule has 1 amide bonds. The Balaban J connectivity index is 2.91. The Morgan fingerprint density at radius 3 is 2.29 bits per heavy atom. The van der Waals surface area contributed by atoms with Crippen LogP contribution in [0.3, 0.4) is 0 Å². The van der Waals surface area contributed by atoms with Gasteiger partial charge in [-0.1, -0.05) is 20.8 Å². The number of rotatable bonds is 4. The van der Waals surface area contributed by atoms with E-state index in [1.807, 2.05) is 40.9 Å². The Bertz CT molecular complexity index is 515. The van der Waals surface area contributed by atoms with Gasteiger partial charge >= 0.3 is 0 Å². The molecule has 5 heteroatoms. The highest BCUT2D eigenvalue weighted by molar-refractivity contribution is 5.95. The summed E-state index contributed by atoms with van der Waals surface area (Å²) < 4.78 is 0. The standard InChI is InChI=1S/C16H28N4O/c1-15(2,3)12-8-11(9-13(17)19-12)14(21)18-10-16(4,5)20(6)7/h8-9H,10H2,1-7H3,(H2,17,19)(H,18,21). The number of nitrogens with two attached hydrogens (primary N) is 1. The Labute approximate surface area is 127 Å². The third-order valence-corrected chi connectivity index (χ3v) is 3.77. The molecule has 0 radical (unpaired) electrons. The summed E-state index contributed by atoms with van der Waals surface area (Å²) in [5.74, 6) is 0.254. The lowest BCUT2D eigenvalue weighted by molar-refractivity contribution is 0.0919. The van der Waals surface area contributed by atoms with Crippen molar-refractivity contribution in [2.75, 3.05) is 26.4 Å². The van der Waals surface area contributed by atoms with Gasteiger partial charge in [0.2, 0.25) is 0 Å². The normalized spacial score (nSPS) is 12.6. The van der Waals surface area contributed by atoms with Gasteiger partial charge in [0.05, 0.1) is 0 Å². The Morgan fingerprint density at radius 2 is 1.81 bits per heavy atom. The topological polar surface area (TPSA) is 71.2 Å². The predicted octanol–water partition coefficient (Wildman–Crippen LogP) is 2.03. The molecule has 5 nitrogen and oxygen atoms in total. The zero-order valence-corrected chi connectivity index (χ0v) is 14.2. The van der Waals surface area contributed by atoms with E-state index in [0.29, 0.717) is 17.9 Å². The van der Waals surface area contributed by atoms with Crippen molar-refractivity contribution in [1.82, 2.24) is 15.2 Å². The zero-order valence-electron chi connectivity index (χ0n) is 14.2. The van der Waals surface area contributed by atoms with Crippen molar-refractivity contribution in [3.63, 3.8) is 0 Å². The third kappa shape index (κ3) is 4.70. The van der Waals surface area contributed by atoms with Crippen LogP contribution in [0.25, 0.3) is 0 Å². The monoisotopic (exact) mass is 292 g/mol. The number of anilines is 1. The average molecular weight is 292 g/mol. The van der Waals surface area contributed by atoms with Gasteiger partial charge < -0.3 is 16.0 Å². The Morgan fingerprint density at radius 1 is 1.24 bits per heavy atom. The fraction of sp³-hybridized carbons (Fsp3) is 0.625. The fourth-order valence-electron chi connectivity index (χ4n) is 1.62. The fourth-order valence-corrected chi connectivity index (χ4v) is 1.62. The number of carbonyl (C=O) groups excluding carboxylic acids is 1. The molecule has 0 aromatic carbocycles.